The minimum Gasteiger partial charge on any atom is -0.441 e. The number of benzene rings is 2. The number of hydrogen-bond acceptors (Lipinski definition) is 6. The van der Waals surface area contributed by atoms with Crippen LogP contribution in [0.2, 0.25) is 0 Å². The first-order valence-electron chi connectivity index (χ1n) is 9.58. The summed E-state index contributed by atoms with van der Waals surface area (Å²) in [7, 11) is -3.71. The molecule has 1 aliphatic heterocycles. The molecule has 1 aliphatic rings. The van der Waals surface area contributed by atoms with E-state index in [0.29, 0.717) is 11.1 Å². The van der Waals surface area contributed by atoms with Crippen LogP contribution in [0.1, 0.15) is 5.56 Å². The van der Waals surface area contributed by atoms with Gasteiger partial charge in [0.05, 0.1) is 18.4 Å². The monoisotopic (exact) mass is 482 g/mol. The molecule has 0 aliphatic carbocycles. The molecule has 2 heterocycles. The maximum absolute atomic E-state index is 13.4. The number of aromatic amines is 1. The molecule has 4 rings (SSSR count). The summed E-state index contributed by atoms with van der Waals surface area (Å²) in [5.74, 6) is 0. The van der Waals surface area contributed by atoms with E-state index in [9.17, 15) is 31.2 Å². The van der Waals surface area contributed by atoms with Gasteiger partial charge in [-0.1, -0.05) is 24.3 Å². The number of halogens is 3. The lowest BCUT2D eigenvalue weighted by Gasteiger charge is -2.15. The Kier molecular flexibility index (Phi) is 5.66. The molecule has 0 saturated carbocycles. The second-order valence-corrected chi connectivity index (χ2v) is 9.08. The van der Waals surface area contributed by atoms with E-state index in [1.807, 2.05) is 0 Å². The van der Waals surface area contributed by atoms with E-state index >= 15 is 0 Å². The first-order valence-corrected chi connectivity index (χ1v) is 11.4. The summed E-state index contributed by atoms with van der Waals surface area (Å²) in [5, 5.41) is 0.531. The normalized spacial score (nSPS) is 16.9. The first-order chi connectivity index (χ1) is 15.4. The van der Waals surface area contributed by atoms with E-state index in [0.717, 1.165) is 12.3 Å². The zero-order valence-corrected chi connectivity index (χ0v) is 17.9. The van der Waals surface area contributed by atoms with Crippen molar-refractivity contribution in [2.45, 2.75) is 12.3 Å². The Labute approximate surface area is 185 Å². The quantitative estimate of drug-likeness (QED) is 0.558. The molecule has 8 nitrogen and oxygen atoms in total. The van der Waals surface area contributed by atoms with E-state index in [1.165, 1.54) is 47.4 Å². The third-order valence-electron chi connectivity index (χ3n) is 5.01. The Hall–Kier alpha value is -3.38. The minimum absolute atomic E-state index is 0.00515. The van der Waals surface area contributed by atoms with Crippen molar-refractivity contribution in [3.05, 3.63) is 64.4 Å². The van der Waals surface area contributed by atoms with Gasteiger partial charge in [0.15, 0.2) is 0 Å². The van der Waals surface area contributed by atoms with Gasteiger partial charge >= 0.3 is 12.3 Å². The van der Waals surface area contributed by atoms with E-state index in [4.69, 9.17) is 4.74 Å². The fourth-order valence-corrected chi connectivity index (χ4v) is 3.94. The molecular weight excluding hydrogens is 465 g/mol. The molecule has 1 saturated heterocycles. The number of nitrogens with zero attached hydrogens (tertiary/aromatic N) is 1. The average Bonchev–Trinajstić information content (AvgIpc) is 3.11. The first kappa shape index (κ1) is 22.8. The SMILES string of the molecule is CS(=O)(=O)OCC1CN(c2ccc3cc(-c4ccccc4C(F)(F)F)[nH]c(=O)c3c2)C(=O)O1. The Morgan fingerprint density at radius 3 is 2.58 bits per heavy atom. The number of H-pyrrole nitrogens is 1. The van der Waals surface area contributed by atoms with Crippen molar-refractivity contribution in [3.63, 3.8) is 0 Å². The molecule has 1 aromatic heterocycles. The van der Waals surface area contributed by atoms with Crippen molar-refractivity contribution in [2.75, 3.05) is 24.3 Å². The van der Waals surface area contributed by atoms with Crippen molar-refractivity contribution in [2.24, 2.45) is 0 Å². The molecule has 1 atom stereocenters. The lowest BCUT2D eigenvalue weighted by atomic mass is 10.0. The fraction of sp³-hybridized carbons (Fsp3) is 0.238. The highest BCUT2D eigenvalue weighted by molar-refractivity contribution is 7.85. The Morgan fingerprint density at radius 1 is 1.15 bits per heavy atom. The van der Waals surface area contributed by atoms with Gasteiger partial charge in [-0.05, 0) is 29.7 Å². The maximum atomic E-state index is 13.4. The molecule has 0 radical (unpaired) electrons. The van der Waals surface area contributed by atoms with Gasteiger partial charge in [-0.2, -0.15) is 21.6 Å². The minimum atomic E-state index is -4.60. The van der Waals surface area contributed by atoms with Crippen LogP contribution in [0.5, 0.6) is 0 Å². The molecule has 3 aromatic rings. The molecule has 1 fully saturated rings. The van der Waals surface area contributed by atoms with E-state index < -0.39 is 39.6 Å². The maximum Gasteiger partial charge on any atom is 0.417 e. The smallest absolute Gasteiger partial charge is 0.417 e. The molecule has 12 heteroatoms. The summed E-state index contributed by atoms with van der Waals surface area (Å²) in [4.78, 5) is 28.6. The number of alkyl halides is 3. The number of aromatic nitrogens is 1. The molecule has 1 N–H and O–H groups in total. The summed E-state index contributed by atoms with van der Waals surface area (Å²) >= 11 is 0. The number of cyclic esters (lactones) is 1. The second kappa shape index (κ2) is 8.19. The number of carbonyl (C=O) groups is 1. The number of rotatable bonds is 5. The van der Waals surface area contributed by atoms with Crippen molar-refractivity contribution < 1.29 is 35.3 Å². The van der Waals surface area contributed by atoms with Gasteiger partial charge in [0, 0.05) is 22.3 Å². The topological polar surface area (TPSA) is 106 Å². The zero-order chi connectivity index (χ0) is 24.0. The number of pyridine rings is 1. The van der Waals surface area contributed by atoms with Gasteiger partial charge < -0.3 is 9.72 Å². The largest absolute Gasteiger partial charge is 0.441 e. The Balaban J connectivity index is 1.67. The van der Waals surface area contributed by atoms with Crippen LogP contribution in [0.4, 0.5) is 23.7 Å². The third-order valence-corrected chi connectivity index (χ3v) is 5.57. The predicted octanol–water partition coefficient (Wildman–Crippen LogP) is 3.52. The van der Waals surface area contributed by atoms with Crippen molar-refractivity contribution in [1.82, 2.24) is 4.98 Å². The lowest BCUT2D eigenvalue weighted by molar-refractivity contribution is -0.137. The average molecular weight is 482 g/mol. The third kappa shape index (κ3) is 4.86. The van der Waals surface area contributed by atoms with Crippen LogP contribution in [0, 0.1) is 0 Å². The van der Waals surface area contributed by atoms with Gasteiger partial charge in [0.1, 0.15) is 12.7 Å². The number of amides is 1. The number of ether oxygens (including phenoxy) is 1. The van der Waals surface area contributed by atoms with Crippen LogP contribution in [0.25, 0.3) is 22.0 Å². The standard InChI is InChI=1S/C21H17F3N2O6S/c1-33(29,30)31-11-14-10-26(20(28)32-14)13-7-6-12-8-18(25-19(27)16(12)9-13)15-4-2-3-5-17(15)21(22,23)24/h2-9,14H,10-11H2,1H3,(H,25,27). The van der Waals surface area contributed by atoms with E-state index in [2.05, 4.69) is 9.17 Å². The summed E-state index contributed by atoms with van der Waals surface area (Å²) in [5.41, 5.74) is -1.36. The lowest BCUT2D eigenvalue weighted by Crippen LogP contribution is -2.26. The second-order valence-electron chi connectivity index (χ2n) is 7.43. The summed E-state index contributed by atoms with van der Waals surface area (Å²) < 4.78 is 72.2. The van der Waals surface area contributed by atoms with Crippen LogP contribution >= 0.6 is 0 Å². The molecule has 2 aromatic carbocycles. The summed E-state index contributed by atoms with van der Waals surface area (Å²) in [6, 6.07) is 10.8. The molecule has 0 bridgehead atoms. The van der Waals surface area contributed by atoms with Gasteiger partial charge in [-0.25, -0.2) is 4.79 Å². The molecule has 1 amide bonds. The van der Waals surface area contributed by atoms with Gasteiger partial charge in [-0.15, -0.1) is 0 Å². The molecule has 0 spiro atoms. The number of carbonyl (C=O) groups excluding carboxylic acids is 1. The van der Waals surface area contributed by atoms with Crippen LogP contribution in [-0.4, -0.2) is 45.0 Å². The zero-order valence-electron chi connectivity index (χ0n) is 17.0. The van der Waals surface area contributed by atoms with Crippen LogP contribution in [0.3, 0.4) is 0 Å². The molecule has 174 valence electrons. The summed E-state index contributed by atoms with van der Waals surface area (Å²) in [6.07, 6.45) is -5.30. The van der Waals surface area contributed by atoms with Crippen molar-refractivity contribution in [1.29, 1.82) is 0 Å². The van der Waals surface area contributed by atoms with Crippen LogP contribution < -0.4 is 10.5 Å². The van der Waals surface area contributed by atoms with E-state index in [1.54, 1.807) is 0 Å². The number of nitrogens with one attached hydrogen (secondary N) is 1. The Bertz CT molecular complexity index is 1400. The number of fused-ring (bicyclic) bond motifs is 1. The number of hydrogen-bond donors (Lipinski definition) is 1. The molecule has 1 unspecified atom stereocenters. The van der Waals surface area contributed by atoms with Crippen LogP contribution in [-0.2, 0) is 25.2 Å². The van der Waals surface area contributed by atoms with Crippen LogP contribution in [0.15, 0.2) is 53.3 Å². The number of anilines is 1. The van der Waals surface area contributed by atoms with Gasteiger partial charge in [-0.3, -0.25) is 13.9 Å². The highest BCUT2D eigenvalue weighted by Gasteiger charge is 2.34. The summed E-state index contributed by atoms with van der Waals surface area (Å²) in [6.45, 7) is -0.355. The van der Waals surface area contributed by atoms with E-state index in [-0.39, 0.29) is 29.8 Å². The Morgan fingerprint density at radius 2 is 1.88 bits per heavy atom. The highest BCUT2D eigenvalue weighted by Crippen LogP contribution is 2.36. The van der Waals surface area contributed by atoms with Crippen molar-refractivity contribution in [3.8, 4) is 11.3 Å². The van der Waals surface area contributed by atoms with Gasteiger partial charge in [0.25, 0.3) is 15.7 Å². The van der Waals surface area contributed by atoms with Crippen molar-refractivity contribution >= 4 is 32.7 Å². The highest BCUT2D eigenvalue weighted by atomic mass is 32.2. The predicted molar refractivity (Wildman–Crippen MR) is 113 cm³/mol. The fourth-order valence-electron chi connectivity index (χ4n) is 3.54. The molecular formula is C21H17F3N2O6S. The van der Waals surface area contributed by atoms with Gasteiger partial charge in [0.2, 0.25) is 0 Å². The molecule has 33 heavy (non-hydrogen) atoms.